The Bertz CT molecular complexity index is 563. The van der Waals surface area contributed by atoms with Gasteiger partial charge in [0.15, 0.2) is 0 Å². The summed E-state index contributed by atoms with van der Waals surface area (Å²) in [5, 5.41) is 12.2. The summed E-state index contributed by atoms with van der Waals surface area (Å²) < 4.78 is -0.507. The van der Waals surface area contributed by atoms with Gasteiger partial charge >= 0.3 is 18.0 Å². The third kappa shape index (κ3) is 4.21. The monoisotopic (exact) mass is 369 g/mol. The molecular formula is C17H29N4O5+. The van der Waals surface area contributed by atoms with Gasteiger partial charge < -0.3 is 5.73 Å². The third-order valence-electron chi connectivity index (χ3n) is 5.84. The van der Waals surface area contributed by atoms with Crippen LogP contribution in [0.15, 0.2) is 0 Å². The van der Waals surface area contributed by atoms with Gasteiger partial charge in [-0.2, -0.15) is 4.48 Å². The molecular weight excluding hydrogens is 340 g/mol. The van der Waals surface area contributed by atoms with Crippen LogP contribution in [0.25, 0.3) is 0 Å². The molecule has 1 unspecified atom stereocenters. The number of hydroxylamine groups is 2. The van der Waals surface area contributed by atoms with Gasteiger partial charge in [0.2, 0.25) is 6.41 Å². The second-order valence-electron chi connectivity index (χ2n) is 7.53. The number of nitrogens with zero attached hydrogens (tertiary/aromatic N) is 2. The molecule has 0 spiro atoms. The van der Waals surface area contributed by atoms with Crippen LogP contribution in [0.3, 0.4) is 0 Å². The van der Waals surface area contributed by atoms with Gasteiger partial charge in [-0.15, -0.1) is 0 Å². The fraction of sp³-hybridized carbons (Fsp3) is 0.765. The highest BCUT2D eigenvalue weighted by molar-refractivity contribution is 5.95. The Balaban J connectivity index is 2.29. The summed E-state index contributed by atoms with van der Waals surface area (Å²) in [6.07, 6.45) is 6.31. The molecule has 1 aliphatic carbocycles. The van der Waals surface area contributed by atoms with Crippen LogP contribution in [-0.2, 0) is 9.59 Å². The maximum Gasteiger partial charge on any atom is 0.432 e. The third-order valence-corrected chi connectivity index (χ3v) is 5.84. The Kier molecular flexibility index (Phi) is 6.71. The zero-order chi connectivity index (χ0) is 19.3. The van der Waals surface area contributed by atoms with Gasteiger partial charge in [0, 0.05) is 12.8 Å². The number of quaternary nitrogens is 1. The number of hydrogen-bond acceptors (Lipinski definition) is 5. The lowest BCUT2D eigenvalue weighted by molar-refractivity contribution is -0.786. The van der Waals surface area contributed by atoms with Crippen molar-refractivity contribution in [3.63, 3.8) is 0 Å². The van der Waals surface area contributed by atoms with E-state index in [9.17, 15) is 24.4 Å². The van der Waals surface area contributed by atoms with Crippen LogP contribution < -0.4 is 11.1 Å². The minimum Gasteiger partial charge on any atom is -0.351 e. The number of carbonyl (C=O) groups excluding carboxylic acids is 4. The van der Waals surface area contributed by atoms with Gasteiger partial charge in [-0.05, 0) is 19.3 Å². The summed E-state index contributed by atoms with van der Waals surface area (Å²) in [6.45, 7) is 1.93. The lowest BCUT2D eigenvalue weighted by atomic mass is 9.91. The lowest BCUT2D eigenvalue weighted by Gasteiger charge is -2.36. The van der Waals surface area contributed by atoms with E-state index in [1.165, 1.54) is 0 Å². The van der Waals surface area contributed by atoms with Crippen molar-refractivity contribution < 1.29 is 28.9 Å². The molecule has 6 amide bonds. The summed E-state index contributed by atoms with van der Waals surface area (Å²) in [6, 6.07) is -2.01. The molecule has 2 fully saturated rings. The smallest absolute Gasteiger partial charge is 0.351 e. The largest absolute Gasteiger partial charge is 0.432 e. The fourth-order valence-corrected chi connectivity index (χ4v) is 4.51. The van der Waals surface area contributed by atoms with Crippen LogP contribution in [0.4, 0.5) is 9.59 Å². The van der Waals surface area contributed by atoms with Crippen LogP contribution in [0.5, 0.6) is 0 Å². The van der Waals surface area contributed by atoms with Crippen LogP contribution in [-0.4, -0.2) is 58.3 Å². The van der Waals surface area contributed by atoms with Crippen molar-refractivity contribution in [2.75, 3.05) is 13.1 Å². The van der Waals surface area contributed by atoms with Gasteiger partial charge in [-0.25, -0.2) is 24.8 Å². The Morgan fingerprint density at radius 1 is 1.27 bits per heavy atom. The second-order valence-corrected chi connectivity index (χ2v) is 7.53. The SMILES string of the molecule is C[C@@H]1CCC[N+]1(C(=O)NC(N)=O)C(=O)[C@H](CC1CCCC1)CN(O)C=O. The normalized spacial score (nSPS) is 27.1. The average molecular weight is 369 g/mol. The number of amides is 6. The van der Waals surface area contributed by atoms with E-state index >= 15 is 0 Å². The number of nitrogens with two attached hydrogens (primary N) is 1. The quantitative estimate of drug-likeness (QED) is 0.281. The summed E-state index contributed by atoms with van der Waals surface area (Å²) in [4.78, 5) is 48.2. The molecule has 26 heavy (non-hydrogen) atoms. The first-order valence-electron chi connectivity index (χ1n) is 9.25. The van der Waals surface area contributed by atoms with Gasteiger partial charge in [-0.3, -0.25) is 10.0 Å². The topological polar surface area (TPSA) is 130 Å². The molecule has 2 aliphatic rings. The van der Waals surface area contributed by atoms with Crippen molar-refractivity contribution in [2.45, 2.75) is 57.9 Å². The Labute approximate surface area is 153 Å². The standard InChI is InChI=1S/C17H28N4O5/c1-12-5-4-8-21(12,17(25)19-16(18)24)15(23)14(10-20(26)11-22)9-13-6-2-3-7-13/h11-14,26H,2-10H2,1H3,(H2-,18,19,24,25)/p+1/t12-,14-,21?/m1/s1. The number of primary amides is 1. The number of imide groups is 2. The van der Waals surface area contributed by atoms with E-state index in [4.69, 9.17) is 5.73 Å². The van der Waals surface area contributed by atoms with Gasteiger partial charge in [0.25, 0.3) is 0 Å². The average Bonchev–Trinajstić information content (AvgIpc) is 3.22. The van der Waals surface area contributed by atoms with Gasteiger partial charge in [-0.1, -0.05) is 25.7 Å². The molecule has 9 nitrogen and oxygen atoms in total. The van der Waals surface area contributed by atoms with E-state index in [1.807, 2.05) is 0 Å². The van der Waals surface area contributed by atoms with Crippen LogP contribution in [0, 0.1) is 11.8 Å². The molecule has 0 bridgehead atoms. The predicted molar refractivity (Wildman–Crippen MR) is 91.6 cm³/mol. The fourth-order valence-electron chi connectivity index (χ4n) is 4.51. The van der Waals surface area contributed by atoms with E-state index in [0.29, 0.717) is 30.2 Å². The number of carbonyl (C=O) groups is 4. The molecule has 0 radical (unpaired) electrons. The summed E-state index contributed by atoms with van der Waals surface area (Å²) in [5.74, 6) is -0.699. The zero-order valence-electron chi connectivity index (χ0n) is 15.2. The first kappa shape index (κ1) is 20.3. The first-order chi connectivity index (χ1) is 12.3. The molecule has 1 heterocycles. The maximum absolute atomic E-state index is 13.4. The van der Waals surface area contributed by atoms with Crippen LogP contribution in [0.1, 0.15) is 51.9 Å². The molecule has 146 valence electrons. The van der Waals surface area contributed by atoms with E-state index in [1.54, 1.807) is 6.92 Å². The Morgan fingerprint density at radius 2 is 1.92 bits per heavy atom. The minimum atomic E-state index is -0.997. The van der Waals surface area contributed by atoms with Crippen molar-refractivity contribution in [3.05, 3.63) is 0 Å². The number of nitrogens with one attached hydrogen (secondary N) is 1. The minimum absolute atomic E-state index is 0.157. The summed E-state index contributed by atoms with van der Waals surface area (Å²) in [7, 11) is 0. The first-order valence-corrected chi connectivity index (χ1v) is 9.25. The van der Waals surface area contributed by atoms with Gasteiger partial charge in [0.05, 0.1) is 19.0 Å². The Hall–Kier alpha value is -2.00. The molecule has 3 atom stereocenters. The molecule has 0 aromatic rings. The Morgan fingerprint density at radius 3 is 2.42 bits per heavy atom. The van der Waals surface area contributed by atoms with Crippen molar-refractivity contribution >= 4 is 24.4 Å². The molecule has 4 N–H and O–H groups in total. The highest BCUT2D eigenvalue weighted by Gasteiger charge is 2.55. The maximum atomic E-state index is 13.4. The number of urea groups is 2. The van der Waals surface area contributed by atoms with E-state index in [-0.39, 0.29) is 31.4 Å². The molecule has 0 aromatic carbocycles. The molecule has 1 saturated heterocycles. The van der Waals surface area contributed by atoms with E-state index in [0.717, 1.165) is 25.7 Å². The highest BCUT2D eigenvalue weighted by Crippen LogP contribution is 2.35. The lowest BCUT2D eigenvalue weighted by Crippen LogP contribution is -2.66. The van der Waals surface area contributed by atoms with Crippen molar-refractivity contribution in [1.82, 2.24) is 10.4 Å². The molecule has 1 saturated carbocycles. The molecule has 2 rings (SSSR count). The number of hydrogen-bond donors (Lipinski definition) is 3. The van der Waals surface area contributed by atoms with E-state index < -0.39 is 22.5 Å². The predicted octanol–water partition coefficient (Wildman–Crippen LogP) is 1.34. The molecule has 9 heteroatoms. The van der Waals surface area contributed by atoms with Crippen LogP contribution in [0.2, 0.25) is 0 Å². The van der Waals surface area contributed by atoms with Crippen LogP contribution >= 0.6 is 0 Å². The van der Waals surface area contributed by atoms with E-state index in [2.05, 4.69) is 5.32 Å². The highest BCUT2D eigenvalue weighted by atomic mass is 16.5. The molecule has 0 aromatic heterocycles. The molecule has 1 aliphatic heterocycles. The summed E-state index contributed by atoms with van der Waals surface area (Å²) in [5.41, 5.74) is 5.09. The second kappa shape index (κ2) is 8.59. The zero-order valence-corrected chi connectivity index (χ0v) is 15.2. The van der Waals surface area contributed by atoms with Gasteiger partial charge in [0.1, 0.15) is 6.04 Å². The van der Waals surface area contributed by atoms with Crippen molar-refractivity contribution in [3.8, 4) is 0 Å². The van der Waals surface area contributed by atoms with Crippen molar-refractivity contribution in [1.29, 1.82) is 0 Å². The van der Waals surface area contributed by atoms with Crippen molar-refractivity contribution in [2.24, 2.45) is 17.6 Å². The number of likely N-dealkylation sites (tertiary alicyclic amines) is 1. The number of rotatable bonds is 6. The summed E-state index contributed by atoms with van der Waals surface area (Å²) >= 11 is 0.